The van der Waals surface area contributed by atoms with Crippen LogP contribution in [0.25, 0.3) is 11.8 Å². The molecule has 0 saturated carbocycles. The highest BCUT2D eigenvalue weighted by Gasteiger charge is 2.23. The van der Waals surface area contributed by atoms with Gasteiger partial charge in [0.25, 0.3) is 0 Å². The van der Waals surface area contributed by atoms with E-state index >= 15 is 0 Å². The van der Waals surface area contributed by atoms with Crippen molar-refractivity contribution in [3.8, 4) is 0 Å². The molecule has 2 aliphatic rings. The van der Waals surface area contributed by atoms with E-state index in [9.17, 15) is 5.21 Å². The lowest BCUT2D eigenvalue weighted by molar-refractivity contribution is -0.00762. The molecular weight excluding hydrogens is 282 g/mol. The first-order valence-electron chi connectivity index (χ1n) is 5.40. The van der Waals surface area contributed by atoms with Crippen LogP contribution in [0, 0.1) is 0 Å². The molecule has 1 aliphatic carbocycles. The molecular formula is C13H12BrNO2. The summed E-state index contributed by atoms with van der Waals surface area (Å²) in [6.07, 6.45) is 3.74. The third-order valence-electron chi connectivity index (χ3n) is 3.15. The number of ether oxygens (including phenoxy) is 1. The molecule has 1 aromatic carbocycles. The molecule has 0 saturated heterocycles. The van der Waals surface area contributed by atoms with Gasteiger partial charge in [0.2, 0.25) is 0 Å². The monoisotopic (exact) mass is 293 g/mol. The smallest absolute Gasteiger partial charge is 0.114 e. The standard InChI is InChI=1S/C13H12BrNO2/c1-17-13-10-4-2-3-8-6-15(16)7-9(12(8)10)5-11(13)14/h2-6,13,16H,7H2,1H3. The second-order valence-corrected chi connectivity index (χ2v) is 5.12. The lowest BCUT2D eigenvalue weighted by atomic mass is 9.94. The van der Waals surface area contributed by atoms with Crippen LogP contribution in [0.2, 0.25) is 0 Å². The molecule has 0 bridgehead atoms. The van der Waals surface area contributed by atoms with E-state index in [1.165, 1.54) is 10.3 Å². The summed E-state index contributed by atoms with van der Waals surface area (Å²) in [4.78, 5) is 0. The van der Waals surface area contributed by atoms with Gasteiger partial charge in [-0.1, -0.05) is 34.1 Å². The number of halogens is 1. The number of methoxy groups -OCH3 is 1. The molecule has 0 aromatic heterocycles. The normalized spacial score (nSPS) is 21.8. The van der Waals surface area contributed by atoms with Crippen molar-refractivity contribution in [2.75, 3.05) is 13.7 Å². The Morgan fingerprint density at radius 3 is 3.06 bits per heavy atom. The van der Waals surface area contributed by atoms with Crippen LogP contribution >= 0.6 is 15.9 Å². The molecule has 0 spiro atoms. The highest BCUT2D eigenvalue weighted by Crippen LogP contribution is 2.31. The van der Waals surface area contributed by atoms with Gasteiger partial charge >= 0.3 is 0 Å². The molecule has 0 fully saturated rings. The maximum Gasteiger partial charge on any atom is 0.114 e. The van der Waals surface area contributed by atoms with Gasteiger partial charge in [-0.2, -0.15) is 0 Å². The van der Waals surface area contributed by atoms with Crippen LogP contribution in [0.15, 0.2) is 28.8 Å². The SMILES string of the molecule is COC1C(Br)=CC2=c3c1cccc3=CN(O)C2. The fourth-order valence-corrected chi connectivity index (χ4v) is 3.20. The zero-order chi connectivity index (χ0) is 12.0. The van der Waals surface area contributed by atoms with E-state index in [1.54, 1.807) is 13.3 Å². The maximum atomic E-state index is 9.66. The van der Waals surface area contributed by atoms with Gasteiger partial charge in [0, 0.05) is 23.0 Å². The second-order valence-electron chi connectivity index (χ2n) is 4.21. The van der Waals surface area contributed by atoms with Crippen molar-refractivity contribution in [3.05, 3.63) is 44.8 Å². The number of hydrogen-bond acceptors (Lipinski definition) is 3. The minimum Gasteiger partial charge on any atom is -0.371 e. The number of hydrogen-bond donors (Lipinski definition) is 1. The van der Waals surface area contributed by atoms with Crippen molar-refractivity contribution >= 4 is 27.7 Å². The Morgan fingerprint density at radius 2 is 2.29 bits per heavy atom. The highest BCUT2D eigenvalue weighted by atomic mass is 79.9. The van der Waals surface area contributed by atoms with Gasteiger partial charge in [-0.05, 0) is 22.4 Å². The fourth-order valence-electron chi connectivity index (χ4n) is 2.49. The molecule has 1 heterocycles. The quantitative estimate of drug-likeness (QED) is 0.846. The van der Waals surface area contributed by atoms with Gasteiger partial charge in [-0.25, -0.2) is 0 Å². The first-order valence-corrected chi connectivity index (χ1v) is 6.19. The largest absolute Gasteiger partial charge is 0.371 e. The van der Waals surface area contributed by atoms with Crippen molar-refractivity contribution in [1.82, 2.24) is 5.06 Å². The molecule has 3 nitrogen and oxygen atoms in total. The Kier molecular flexibility index (Phi) is 2.58. The Bertz CT molecular complexity index is 621. The van der Waals surface area contributed by atoms with E-state index in [0.717, 1.165) is 20.8 Å². The summed E-state index contributed by atoms with van der Waals surface area (Å²) >= 11 is 3.54. The average molecular weight is 294 g/mol. The minimum absolute atomic E-state index is 0.0488. The molecule has 1 aromatic rings. The molecule has 0 radical (unpaired) electrons. The summed E-state index contributed by atoms with van der Waals surface area (Å²) in [6.45, 7) is 0.509. The Balaban J connectivity index is 2.40. The minimum atomic E-state index is -0.0488. The van der Waals surface area contributed by atoms with Crippen LogP contribution in [0.5, 0.6) is 0 Å². The molecule has 0 amide bonds. The van der Waals surface area contributed by atoms with Crippen molar-refractivity contribution in [3.63, 3.8) is 0 Å². The lowest BCUT2D eigenvalue weighted by Gasteiger charge is -2.26. The topological polar surface area (TPSA) is 32.7 Å². The van der Waals surface area contributed by atoms with Crippen LogP contribution in [0.4, 0.5) is 0 Å². The highest BCUT2D eigenvalue weighted by molar-refractivity contribution is 9.11. The molecule has 4 heteroatoms. The summed E-state index contributed by atoms with van der Waals surface area (Å²) in [6, 6.07) is 6.06. The van der Waals surface area contributed by atoms with Gasteiger partial charge in [0.1, 0.15) is 6.10 Å². The predicted octanol–water partition coefficient (Wildman–Crippen LogP) is 1.26. The molecule has 17 heavy (non-hydrogen) atoms. The van der Waals surface area contributed by atoms with Gasteiger partial charge in [0.15, 0.2) is 0 Å². The van der Waals surface area contributed by atoms with Crippen LogP contribution < -0.4 is 10.4 Å². The van der Waals surface area contributed by atoms with Crippen LogP contribution in [0.1, 0.15) is 11.7 Å². The number of benzene rings is 1. The first-order chi connectivity index (χ1) is 8.20. The van der Waals surface area contributed by atoms with Gasteiger partial charge in [-0.3, -0.25) is 10.3 Å². The molecule has 1 aliphatic heterocycles. The van der Waals surface area contributed by atoms with E-state index in [4.69, 9.17) is 4.74 Å². The molecule has 3 rings (SSSR count). The summed E-state index contributed by atoms with van der Waals surface area (Å²) in [5.74, 6) is 0. The summed E-state index contributed by atoms with van der Waals surface area (Å²) in [7, 11) is 1.70. The van der Waals surface area contributed by atoms with E-state index in [2.05, 4.69) is 22.0 Å². The van der Waals surface area contributed by atoms with Crippen molar-refractivity contribution < 1.29 is 9.94 Å². The molecule has 88 valence electrons. The summed E-state index contributed by atoms with van der Waals surface area (Å²) in [5.41, 5.74) is 2.26. The summed E-state index contributed by atoms with van der Waals surface area (Å²) in [5, 5.41) is 13.1. The molecule has 1 unspecified atom stereocenters. The average Bonchev–Trinajstić information content (AvgIpc) is 2.28. The van der Waals surface area contributed by atoms with E-state index in [1.807, 2.05) is 18.2 Å². The molecule has 1 N–H and O–H groups in total. The summed E-state index contributed by atoms with van der Waals surface area (Å²) < 4.78 is 6.51. The fraction of sp³-hybridized carbons (Fsp3) is 0.231. The third-order valence-corrected chi connectivity index (χ3v) is 3.80. The number of rotatable bonds is 1. The predicted molar refractivity (Wildman–Crippen MR) is 68.8 cm³/mol. The zero-order valence-electron chi connectivity index (χ0n) is 9.35. The van der Waals surface area contributed by atoms with Crippen molar-refractivity contribution in [1.29, 1.82) is 0 Å². The Morgan fingerprint density at radius 1 is 1.47 bits per heavy atom. The van der Waals surface area contributed by atoms with E-state index in [-0.39, 0.29) is 6.10 Å². The Labute approximate surface area is 107 Å². The van der Waals surface area contributed by atoms with Gasteiger partial charge in [0.05, 0.1) is 6.54 Å². The second kappa shape index (κ2) is 3.98. The van der Waals surface area contributed by atoms with Crippen LogP contribution in [-0.2, 0) is 4.74 Å². The molecule has 1 atom stereocenters. The van der Waals surface area contributed by atoms with Crippen molar-refractivity contribution in [2.45, 2.75) is 6.10 Å². The third kappa shape index (κ3) is 1.64. The van der Waals surface area contributed by atoms with Crippen molar-refractivity contribution in [2.24, 2.45) is 0 Å². The lowest BCUT2D eigenvalue weighted by Crippen LogP contribution is -2.41. The number of nitrogens with zero attached hydrogens (tertiary/aromatic N) is 1. The Hall–Kier alpha value is -1.10. The van der Waals surface area contributed by atoms with Gasteiger partial charge < -0.3 is 4.74 Å². The number of hydroxylamine groups is 2. The van der Waals surface area contributed by atoms with Crippen LogP contribution in [0.3, 0.4) is 0 Å². The zero-order valence-corrected chi connectivity index (χ0v) is 10.9. The van der Waals surface area contributed by atoms with Crippen LogP contribution in [-0.4, -0.2) is 23.9 Å². The van der Waals surface area contributed by atoms with Gasteiger partial charge in [-0.15, -0.1) is 0 Å². The van der Waals surface area contributed by atoms with E-state index < -0.39 is 0 Å². The first kappa shape index (κ1) is 11.0. The van der Waals surface area contributed by atoms with E-state index in [0.29, 0.717) is 6.54 Å². The maximum absolute atomic E-state index is 9.66.